The van der Waals surface area contributed by atoms with E-state index in [1.165, 1.54) is 18.2 Å². The van der Waals surface area contributed by atoms with Gasteiger partial charge in [0.1, 0.15) is 4.90 Å². The van der Waals surface area contributed by atoms with Gasteiger partial charge in [0.15, 0.2) is 9.84 Å². The summed E-state index contributed by atoms with van der Waals surface area (Å²) in [5.74, 6) is -0.274. The lowest BCUT2D eigenvalue weighted by Crippen LogP contribution is -2.46. The van der Waals surface area contributed by atoms with Crippen LogP contribution in [0, 0.1) is 0 Å². The lowest BCUT2D eigenvalue weighted by atomic mass is 10.0. The van der Waals surface area contributed by atoms with Crippen LogP contribution in [-0.2, 0) is 19.9 Å². The van der Waals surface area contributed by atoms with E-state index in [0.717, 1.165) is 0 Å². The van der Waals surface area contributed by atoms with E-state index in [9.17, 15) is 16.8 Å². The van der Waals surface area contributed by atoms with Crippen LogP contribution in [0.4, 0.5) is 0 Å². The van der Waals surface area contributed by atoms with E-state index in [1.807, 2.05) is 0 Å². The largest absolute Gasteiger partial charge is 0.244 e. The van der Waals surface area contributed by atoms with Crippen LogP contribution in [0.25, 0.3) is 0 Å². The minimum atomic E-state index is -3.99. The number of rotatable bonds is 3. The van der Waals surface area contributed by atoms with E-state index >= 15 is 0 Å². The average molecular weight is 358 g/mol. The number of sulfone groups is 1. The average Bonchev–Trinajstić information content (AvgIpc) is 2.50. The number of hydrogen-bond acceptors (Lipinski definition) is 4. The Morgan fingerprint density at radius 2 is 1.80 bits per heavy atom. The maximum absolute atomic E-state index is 12.4. The van der Waals surface area contributed by atoms with Crippen molar-refractivity contribution in [1.29, 1.82) is 0 Å². The van der Waals surface area contributed by atoms with Crippen LogP contribution in [0.5, 0.6) is 0 Å². The highest BCUT2D eigenvalue weighted by atomic mass is 35.5. The molecule has 0 bridgehead atoms. The van der Waals surface area contributed by atoms with Crippen LogP contribution in [0.15, 0.2) is 23.1 Å². The molecule has 9 heteroatoms. The van der Waals surface area contributed by atoms with Gasteiger partial charge in [-0.25, -0.2) is 21.6 Å². The summed E-state index contributed by atoms with van der Waals surface area (Å²) in [6, 6.07) is 4.36. The first-order valence-electron chi connectivity index (χ1n) is 5.73. The fourth-order valence-electron chi connectivity index (χ4n) is 2.21. The van der Waals surface area contributed by atoms with E-state index < -0.39 is 25.4 Å². The van der Waals surface area contributed by atoms with Gasteiger partial charge in [0, 0.05) is 5.54 Å². The quantitative estimate of drug-likeness (QED) is 0.894. The fourth-order valence-corrected chi connectivity index (χ4v) is 6.97. The van der Waals surface area contributed by atoms with Gasteiger partial charge < -0.3 is 0 Å². The Labute approximate surface area is 128 Å². The summed E-state index contributed by atoms with van der Waals surface area (Å²) in [7, 11) is -7.21. The summed E-state index contributed by atoms with van der Waals surface area (Å²) in [4.78, 5) is -0.228. The molecule has 5 nitrogen and oxygen atoms in total. The highest BCUT2D eigenvalue weighted by Gasteiger charge is 2.42. The molecule has 0 amide bonds. The third kappa shape index (κ3) is 3.28. The SMILES string of the molecule is CC1(NS(=O)(=O)c2c(Cl)cccc2Cl)CCS(=O)(=O)C1. The molecule has 1 aromatic carbocycles. The Hall–Kier alpha value is -0.340. The molecule has 1 atom stereocenters. The lowest BCUT2D eigenvalue weighted by molar-refractivity contribution is 0.462. The summed E-state index contributed by atoms with van der Waals surface area (Å²) in [5, 5.41) is -0.0103. The first-order chi connectivity index (χ1) is 9.05. The Morgan fingerprint density at radius 3 is 2.25 bits per heavy atom. The monoisotopic (exact) mass is 357 g/mol. The zero-order valence-electron chi connectivity index (χ0n) is 10.6. The van der Waals surface area contributed by atoms with Gasteiger partial charge in [-0.15, -0.1) is 0 Å². The molecule has 0 spiro atoms. The second kappa shape index (κ2) is 5.14. The van der Waals surface area contributed by atoms with Crippen LogP contribution in [0.2, 0.25) is 10.0 Å². The second-order valence-electron chi connectivity index (χ2n) is 5.06. The van der Waals surface area contributed by atoms with Crippen molar-refractivity contribution in [2.45, 2.75) is 23.8 Å². The molecule has 0 aliphatic carbocycles. The smallest absolute Gasteiger partial charge is 0.229 e. The van der Waals surface area contributed by atoms with Gasteiger partial charge >= 0.3 is 0 Å². The highest BCUT2D eigenvalue weighted by molar-refractivity contribution is 7.92. The minimum Gasteiger partial charge on any atom is -0.229 e. The fraction of sp³-hybridized carbons (Fsp3) is 0.455. The topological polar surface area (TPSA) is 80.3 Å². The summed E-state index contributed by atoms with van der Waals surface area (Å²) < 4.78 is 50.2. The molecule has 112 valence electrons. The van der Waals surface area contributed by atoms with Gasteiger partial charge in [-0.1, -0.05) is 29.3 Å². The molecular formula is C11H13Cl2NO4S2. The van der Waals surface area contributed by atoms with Crippen LogP contribution in [-0.4, -0.2) is 33.9 Å². The van der Waals surface area contributed by atoms with Gasteiger partial charge in [-0.3, -0.25) is 0 Å². The summed E-state index contributed by atoms with van der Waals surface area (Å²) in [5.41, 5.74) is -1.04. The number of halogens is 2. The molecule has 1 aromatic rings. The summed E-state index contributed by atoms with van der Waals surface area (Å²) in [6.07, 6.45) is 0.219. The maximum atomic E-state index is 12.4. The molecule has 1 unspecified atom stereocenters. The van der Waals surface area contributed by atoms with Crippen molar-refractivity contribution in [1.82, 2.24) is 4.72 Å². The van der Waals surface area contributed by atoms with Crippen LogP contribution in [0.1, 0.15) is 13.3 Å². The maximum Gasteiger partial charge on any atom is 0.244 e. The van der Waals surface area contributed by atoms with Crippen LogP contribution >= 0.6 is 23.2 Å². The van der Waals surface area contributed by atoms with Gasteiger partial charge in [-0.2, -0.15) is 0 Å². The molecule has 1 N–H and O–H groups in total. The summed E-state index contributed by atoms with van der Waals surface area (Å²) >= 11 is 11.8. The van der Waals surface area contributed by atoms with Crippen LogP contribution < -0.4 is 4.72 Å². The van der Waals surface area contributed by atoms with E-state index in [0.29, 0.717) is 0 Å². The second-order valence-corrected chi connectivity index (χ2v) is 9.68. The zero-order chi connectivity index (χ0) is 15.2. The van der Waals surface area contributed by atoms with Gasteiger partial charge in [0.05, 0.1) is 21.6 Å². The molecule has 1 saturated heterocycles. The molecular weight excluding hydrogens is 345 g/mol. The summed E-state index contributed by atoms with van der Waals surface area (Å²) in [6.45, 7) is 1.56. The van der Waals surface area contributed by atoms with Gasteiger partial charge in [-0.05, 0) is 25.5 Å². The van der Waals surface area contributed by atoms with Crippen molar-refractivity contribution in [2.75, 3.05) is 11.5 Å². The predicted molar refractivity (Wildman–Crippen MR) is 78.5 cm³/mol. The normalized spacial score (nSPS) is 25.8. The first kappa shape index (κ1) is 16.0. The van der Waals surface area contributed by atoms with E-state index in [-0.39, 0.29) is 32.9 Å². The highest BCUT2D eigenvalue weighted by Crippen LogP contribution is 2.31. The van der Waals surface area contributed by atoms with E-state index in [2.05, 4.69) is 4.72 Å². The predicted octanol–water partition coefficient (Wildman–Crippen LogP) is 1.85. The van der Waals surface area contributed by atoms with E-state index in [1.54, 1.807) is 6.92 Å². The van der Waals surface area contributed by atoms with Crippen molar-refractivity contribution in [3.8, 4) is 0 Å². The zero-order valence-corrected chi connectivity index (χ0v) is 13.7. The first-order valence-corrected chi connectivity index (χ1v) is 9.79. The number of sulfonamides is 1. The molecule has 0 aromatic heterocycles. The molecule has 0 saturated carbocycles. The Morgan fingerprint density at radius 1 is 1.25 bits per heavy atom. The Balaban J connectivity index is 2.38. The molecule has 0 radical (unpaired) electrons. The molecule has 1 fully saturated rings. The van der Waals surface area contributed by atoms with Crippen molar-refractivity contribution >= 4 is 43.1 Å². The van der Waals surface area contributed by atoms with E-state index in [4.69, 9.17) is 23.2 Å². The van der Waals surface area contributed by atoms with Crippen molar-refractivity contribution in [3.63, 3.8) is 0 Å². The van der Waals surface area contributed by atoms with Crippen molar-refractivity contribution < 1.29 is 16.8 Å². The lowest BCUT2D eigenvalue weighted by Gasteiger charge is -2.24. The molecule has 1 aliphatic heterocycles. The molecule has 1 heterocycles. The van der Waals surface area contributed by atoms with Gasteiger partial charge in [0.2, 0.25) is 10.0 Å². The minimum absolute atomic E-state index is 0.00514. The molecule has 20 heavy (non-hydrogen) atoms. The third-order valence-corrected chi connectivity index (χ3v) is 7.57. The number of benzene rings is 1. The van der Waals surface area contributed by atoms with Crippen molar-refractivity contribution in [2.24, 2.45) is 0 Å². The van der Waals surface area contributed by atoms with Crippen molar-refractivity contribution in [3.05, 3.63) is 28.2 Å². The molecule has 2 rings (SSSR count). The van der Waals surface area contributed by atoms with Crippen LogP contribution in [0.3, 0.4) is 0 Å². The standard InChI is InChI=1S/C11H13Cl2NO4S2/c1-11(5-6-19(15,16)7-11)14-20(17,18)10-8(12)3-2-4-9(10)13/h2-4,14H,5-7H2,1H3. The number of hydrogen-bond donors (Lipinski definition) is 1. The third-order valence-electron chi connectivity index (χ3n) is 3.07. The molecule has 1 aliphatic rings. The van der Waals surface area contributed by atoms with Gasteiger partial charge in [0.25, 0.3) is 0 Å². The Kier molecular flexibility index (Phi) is 4.12. The Bertz CT molecular complexity index is 725. The number of nitrogens with one attached hydrogen (secondary N) is 1.